The molecule has 0 bridgehead atoms. The van der Waals surface area contributed by atoms with Gasteiger partial charge in [0.2, 0.25) is 0 Å². The summed E-state index contributed by atoms with van der Waals surface area (Å²) in [6, 6.07) is 2.32. The Morgan fingerprint density at radius 3 is 2.88 bits per heavy atom. The first-order valence-corrected chi connectivity index (χ1v) is 2.23. The van der Waals surface area contributed by atoms with E-state index in [2.05, 4.69) is 16.3 Å². The summed E-state index contributed by atoms with van der Waals surface area (Å²) in [4.78, 5) is 0. The number of hydrogen-bond donors (Lipinski definition) is 0. The summed E-state index contributed by atoms with van der Waals surface area (Å²) >= 11 is 5.18. The SMILES string of the molecule is Fc1nnc[c]c1Cl. The maximum atomic E-state index is 12.0. The average molecular weight is 132 g/mol. The van der Waals surface area contributed by atoms with Crippen LogP contribution in [0.3, 0.4) is 0 Å². The third-order valence-electron chi connectivity index (χ3n) is 0.576. The van der Waals surface area contributed by atoms with Gasteiger partial charge in [0.25, 0.3) is 5.95 Å². The normalized spacial score (nSPS) is 9.25. The van der Waals surface area contributed by atoms with E-state index in [9.17, 15) is 4.39 Å². The minimum absolute atomic E-state index is 0.125. The molecule has 0 spiro atoms. The highest BCUT2D eigenvalue weighted by Gasteiger charge is 1.95. The first kappa shape index (κ1) is 5.44. The number of hydrogen-bond acceptors (Lipinski definition) is 2. The Labute approximate surface area is 50.3 Å². The van der Waals surface area contributed by atoms with E-state index in [1.165, 1.54) is 6.20 Å². The summed E-state index contributed by atoms with van der Waals surface area (Å²) in [6.07, 6.45) is 1.20. The van der Waals surface area contributed by atoms with Gasteiger partial charge in [-0.25, -0.2) is 0 Å². The van der Waals surface area contributed by atoms with Crippen molar-refractivity contribution < 1.29 is 4.39 Å². The fourth-order valence-corrected chi connectivity index (χ4v) is 0.355. The standard InChI is InChI=1S/C4HClFN2/c5-3-1-2-7-8-4(3)6/h2H. The highest BCUT2D eigenvalue weighted by molar-refractivity contribution is 6.30. The Kier molecular flexibility index (Phi) is 1.39. The largest absolute Gasteiger partial charge is 0.252 e. The molecule has 0 saturated carbocycles. The molecule has 8 heavy (non-hydrogen) atoms. The Hall–Kier alpha value is -0.700. The van der Waals surface area contributed by atoms with Gasteiger partial charge < -0.3 is 0 Å². The van der Waals surface area contributed by atoms with E-state index in [0.717, 1.165) is 0 Å². The maximum Gasteiger partial charge on any atom is 0.252 e. The van der Waals surface area contributed by atoms with Gasteiger partial charge >= 0.3 is 0 Å². The van der Waals surface area contributed by atoms with Crippen LogP contribution in [0.4, 0.5) is 4.39 Å². The molecule has 1 aromatic rings. The van der Waals surface area contributed by atoms with E-state index >= 15 is 0 Å². The summed E-state index contributed by atoms with van der Waals surface area (Å²) in [5.74, 6) is -0.783. The summed E-state index contributed by atoms with van der Waals surface area (Å²) in [5.41, 5.74) is 0. The number of halogens is 2. The molecule has 0 aromatic carbocycles. The van der Waals surface area contributed by atoms with Gasteiger partial charge in [-0.2, -0.15) is 9.49 Å². The smallest absolute Gasteiger partial charge is 0.181 e. The van der Waals surface area contributed by atoms with Crippen LogP contribution in [0.25, 0.3) is 0 Å². The van der Waals surface area contributed by atoms with Gasteiger partial charge in [-0.3, -0.25) is 0 Å². The van der Waals surface area contributed by atoms with Crippen LogP contribution in [-0.4, -0.2) is 10.2 Å². The van der Waals surface area contributed by atoms with Crippen molar-refractivity contribution in [1.82, 2.24) is 10.2 Å². The molecular formula is C4HClFN2. The monoisotopic (exact) mass is 131 g/mol. The number of aromatic nitrogens is 2. The summed E-state index contributed by atoms with van der Waals surface area (Å²) < 4.78 is 12.0. The molecule has 1 aromatic heterocycles. The van der Waals surface area contributed by atoms with Crippen LogP contribution in [0.15, 0.2) is 6.20 Å². The van der Waals surface area contributed by atoms with Crippen LogP contribution < -0.4 is 0 Å². The third kappa shape index (κ3) is 0.924. The fraction of sp³-hybridized carbons (Fsp3) is 0. The molecule has 0 fully saturated rings. The zero-order valence-corrected chi connectivity index (χ0v) is 4.48. The quantitative estimate of drug-likeness (QED) is 0.526. The average Bonchev–Trinajstić information content (AvgIpc) is 1.77. The molecule has 0 aliphatic heterocycles. The van der Waals surface area contributed by atoms with Crippen LogP contribution in [0.1, 0.15) is 0 Å². The zero-order chi connectivity index (χ0) is 5.98. The van der Waals surface area contributed by atoms with Gasteiger partial charge in [0.1, 0.15) is 5.02 Å². The molecule has 0 saturated heterocycles. The van der Waals surface area contributed by atoms with Gasteiger partial charge in [-0.05, 0) is 0 Å². The molecule has 0 atom stereocenters. The summed E-state index contributed by atoms with van der Waals surface area (Å²) in [7, 11) is 0. The second kappa shape index (κ2) is 2.05. The van der Waals surface area contributed by atoms with Crippen molar-refractivity contribution in [2.24, 2.45) is 0 Å². The van der Waals surface area contributed by atoms with Crippen LogP contribution in [0, 0.1) is 12.0 Å². The predicted molar refractivity (Wildman–Crippen MR) is 25.8 cm³/mol. The summed E-state index contributed by atoms with van der Waals surface area (Å²) in [5, 5.41) is 6.05. The Morgan fingerprint density at radius 2 is 2.50 bits per heavy atom. The minimum atomic E-state index is -0.783. The molecule has 1 heterocycles. The Balaban J connectivity index is 3.13. The van der Waals surface area contributed by atoms with E-state index in [1.807, 2.05) is 0 Å². The highest BCUT2D eigenvalue weighted by atomic mass is 35.5. The molecule has 0 aliphatic carbocycles. The first-order chi connectivity index (χ1) is 3.80. The Morgan fingerprint density at radius 1 is 1.75 bits per heavy atom. The van der Waals surface area contributed by atoms with Crippen molar-refractivity contribution >= 4 is 11.6 Å². The third-order valence-corrected chi connectivity index (χ3v) is 0.841. The molecule has 4 heteroatoms. The second-order valence-corrected chi connectivity index (χ2v) is 1.47. The number of rotatable bonds is 0. The molecule has 41 valence electrons. The van der Waals surface area contributed by atoms with E-state index in [4.69, 9.17) is 11.6 Å². The first-order valence-electron chi connectivity index (χ1n) is 1.85. The van der Waals surface area contributed by atoms with Crippen molar-refractivity contribution in [2.75, 3.05) is 0 Å². The van der Waals surface area contributed by atoms with Crippen molar-refractivity contribution in [3.63, 3.8) is 0 Å². The topological polar surface area (TPSA) is 25.8 Å². The Bertz CT molecular complexity index is 170. The van der Waals surface area contributed by atoms with Crippen molar-refractivity contribution in [3.8, 4) is 0 Å². The predicted octanol–water partition coefficient (Wildman–Crippen LogP) is 1.07. The van der Waals surface area contributed by atoms with Gasteiger partial charge in [0.15, 0.2) is 0 Å². The van der Waals surface area contributed by atoms with E-state index in [0.29, 0.717) is 0 Å². The maximum absolute atomic E-state index is 12.0. The van der Waals surface area contributed by atoms with E-state index < -0.39 is 5.95 Å². The lowest BCUT2D eigenvalue weighted by Crippen LogP contribution is -1.85. The van der Waals surface area contributed by atoms with Crippen LogP contribution in [0.5, 0.6) is 0 Å². The molecule has 0 unspecified atom stereocenters. The lowest BCUT2D eigenvalue weighted by atomic mass is 10.6. The fourth-order valence-electron chi connectivity index (χ4n) is 0.269. The van der Waals surface area contributed by atoms with Gasteiger partial charge in [-0.15, -0.1) is 5.10 Å². The minimum Gasteiger partial charge on any atom is -0.181 e. The molecular weight excluding hydrogens is 131 g/mol. The second-order valence-electron chi connectivity index (χ2n) is 1.09. The van der Waals surface area contributed by atoms with E-state index in [1.54, 1.807) is 0 Å². The van der Waals surface area contributed by atoms with Crippen LogP contribution in [-0.2, 0) is 0 Å². The zero-order valence-electron chi connectivity index (χ0n) is 3.73. The summed E-state index contributed by atoms with van der Waals surface area (Å²) in [6.45, 7) is 0. The van der Waals surface area contributed by atoms with Crippen LogP contribution in [0.2, 0.25) is 5.02 Å². The lowest BCUT2D eigenvalue weighted by Gasteiger charge is -1.83. The molecule has 0 N–H and O–H groups in total. The lowest BCUT2D eigenvalue weighted by molar-refractivity contribution is 0.563. The molecule has 1 radical (unpaired) electrons. The van der Waals surface area contributed by atoms with Gasteiger partial charge in [-0.1, -0.05) is 11.6 Å². The molecule has 1 rings (SSSR count). The molecule has 0 aliphatic rings. The van der Waals surface area contributed by atoms with Crippen LogP contribution >= 0.6 is 11.6 Å². The van der Waals surface area contributed by atoms with Gasteiger partial charge in [0.05, 0.1) is 6.20 Å². The van der Waals surface area contributed by atoms with Crippen molar-refractivity contribution in [1.29, 1.82) is 0 Å². The number of nitrogens with zero attached hydrogens (tertiary/aromatic N) is 2. The molecule has 2 nitrogen and oxygen atoms in total. The van der Waals surface area contributed by atoms with Gasteiger partial charge in [0, 0.05) is 6.07 Å². The molecule has 0 amide bonds. The van der Waals surface area contributed by atoms with Crippen molar-refractivity contribution in [2.45, 2.75) is 0 Å². The van der Waals surface area contributed by atoms with E-state index in [-0.39, 0.29) is 5.02 Å². The highest BCUT2D eigenvalue weighted by Crippen LogP contribution is 2.06. The van der Waals surface area contributed by atoms with Crippen molar-refractivity contribution in [3.05, 3.63) is 23.2 Å².